The van der Waals surface area contributed by atoms with Crippen molar-refractivity contribution in [3.8, 4) is 0 Å². The van der Waals surface area contributed by atoms with Crippen LogP contribution in [0.1, 0.15) is 84.0 Å². The summed E-state index contributed by atoms with van der Waals surface area (Å²) >= 11 is 0. The molecular formula is C19H35N. The van der Waals surface area contributed by atoms with E-state index in [0.29, 0.717) is 0 Å². The number of hydrogen-bond acceptors (Lipinski definition) is 1. The van der Waals surface area contributed by atoms with Crippen molar-refractivity contribution in [3.05, 3.63) is 0 Å². The molecule has 0 saturated heterocycles. The molecule has 1 heteroatoms. The highest BCUT2D eigenvalue weighted by Gasteiger charge is 2.39. The van der Waals surface area contributed by atoms with Gasteiger partial charge in [0.1, 0.15) is 0 Å². The highest BCUT2D eigenvalue weighted by molar-refractivity contribution is 4.91. The average molecular weight is 277 g/mol. The van der Waals surface area contributed by atoms with Crippen LogP contribution in [0, 0.1) is 23.7 Å². The minimum atomic E-state index is 0.825. The summed E-state index contributed by atoms with van der Waals surface area (Å²) in [5.41, 5.74) is 0. The number of nitrogens with one attached hydrogen (secondary N) is 1. The molecule has 0 heterocycles. The third-order valence-corrected chi connectivity index (χ3v) is 6.61. The van der Waals surface area contributed by atoms with E-state index in [1.807, 2.05) is 0 Å². The summed E-state index contributed by atoms with van der Waals surface area (Å²) < 4.78 is 0. The molecule has 3 aliphatic carbocycles. The van der Waals surface area contributed by atoms with Crippen molar-refractivity contribution in [1.29, 1.82) is 0 Å². The van der Waals surface area contributed by atoms with Crippen LogP contribution in [-0.4, -0.2) is 12.6 Å². The van der Waals surface area contributed by atoms with Crippen molar-refractivity contribution in [3.63, 3.8) is 0 Å². The van der Waals surface area contributed by atoms with Gasteiger partial charge in [0.05, 0.1) is 0 Å². The molecule has 2 bridgehead atoms. The van der Waals surface area contributed by atoms with E-state index < -0.39 is 0 Å². The SMILES string of the molecule is CCNC(CCC1CCCCC1)CC1CC2CCC1C2. The summed E-state index contributed by atoms with van der Waals surface area (Å²) in [5.74, 6) is 4.36. The minimum Gasteiger partial charge on any atom is -0.314 e. The molecule has 1 N–H and O–H groups in total. The van der Waals surface area contributed by atoms with Gasteiger partial charge in [0.2, 0.25) is 0 Å². The Balaban J connectivity index is 1.42. The fourth-order valence-corrected chi connectivity index (χ4v) is 5.54. The van der Waals surface area contributed by atoms with Gasteiger partial charge in [-0.3, -0.25) is 0 Å². The molecular weight excluding hydrogens is 242 g/mol. The van der Waals surface area contributed by atoms with Crippen LogP contribution in [0.4, 0.5) is 0 Å². The number of hydrogen-bond donors (Lipinski definition) is 1. The van der Waals surface area contributed by atoms with Crippen LogP contribution in [0.2, 0.25) is 0 Å². The van der Waals surface area contributed by atoms with Crippen LogP contribution < -0.4 is 5.32 Å². The maximum absolute atomic E-state index is 3.81. The summed E-state index contributed by atoms with van der Waals surface area (Å²) in [6.45, 7) is 3.45. The number of rotatable bonds is 7. The lowest BCUT2D eigenvalue weighted by Crippen LogP contribution is -2.33. The molecule has 0 aliphatic heterocycles. The van der Waals surface area contributed by atoms with Gasteiger partial charge in [-0.15, -0.1) is 0 Å². The predicted molar refractivity (Wildman–Crippen MR) is 86.8 cm³/mol. The second kappa shape index (κ2) is 7.29. The van der Waals surface area contributed by atoms with Gasteiger partial charge in [0, 0.05) is 6.04 Å². The smallest absolute Gasteiger partial charge is 0.00697 e. The molecule has 20 heavy (non-hydrogen) atoms. The van der Waals surface area contributed by atoms with E-state index in [1.165, 1.54) is 51.4 Å². The van der Waals surface area contributed by atoms with E-state index >= 15 is 0 Å². The van der Waals surface area contributed by atoms with E-state index in [4.69, 9.17) is 0 Å². The average Bonchev–Trinajstić information content (AvgIpc) is 3.09. The first-order valence-corrected chi connectivity index (χ1v) is 9.58. The second-order valence-electron chi connectivity index (χ2n) is 8.01. The van der Waals surface area contributed by atoms with Gasteiger partial charge in [-0.1, -0.05) is 45.4 Å². The van der Waals surface area contributed by atoms with Crippen molar-refractivity contribution in [2.45, 2.75) is 90.0 Å². The summed E-state index contributed by atoms with van der Waals surface area (Å²) in [5, 5.41) is 3.81. The lowest BCUT2D eigenvalue weighted by Gasteiger charge is -2.29. The van der Waals surface area contributed by atoms with Gasteiger partial charge in [-0.25, -0.2) is 0 Å². The molecule has 3 aliphatic rings. The summed E-state index contributed by atoms with van der Waals surface area (Å²) in [7, 11) is 0. The predicted octanol–water partition coefficient (Wildman–Crippen LogP) is 5.15. The van der Waals surface area contributed by atoms with Gasteiger partial charge in [0.25, 0.3) is 0 Å². The Morgan fingerprint density at radius 1 is 1.00 bits per heavy atom. The van der Waals surface area contributed by atoms with Gasteiger partial charge < -0.3 is 5.32 Å². The van der Waals surface area contributed by atoms with Crippen molar-refractivity contribution < 1.29 is 0 Å². The molecule has 116 valence electrons. The molecule has 3 fully saturated rings. The summed E-state index contributed by atoms with van der Waals surface area (Å²) in [4.78, 5) is 0. The molecule has 0 amide bonds. The van der Waals surface area contributed by atoms with Gasteiger partial charge in [-0.05, 0) is 68.7 Å². The van der Waals surface area contributed by atoms with Gasteiger partial charge in [0.15, 0.2) is 0 Å². The van der Waals surface area contributed by atoms with Crippen molar-refractivity contribution >= 4 is 0 Å². The molecule has 3 rings (SSSR count). The zero-order chi connectivity index (χ0) is 13.8. The van der Waals surface area contributed by atoms with Crippen LogP contribution in [-0.2, 0) is 0 Å². The molecule has 0 aromatic heterocycles. The Morgan fingerprint density at radius 2 is 1.85 bits per heavy atom. The first-order chi connectivity index (χ1) is 9.85. The van der Waals surface area contributed by atoms with Gasteiger partial charge >= 0.3 is 0 Å². The highest BCUT2D eigenvalue weighted by atomic mass is 14.9. The van der Waals surface area contributed by atoms with Crippen molar-refractivity contribution in [1.82, 2.24) is 5.32 Å². The Labute approximate surface area is 126 Å². The third-order valence-electron chi connectivity index (χ3n) is 6.61. The Hall–Kier alpha value is -0.0400. The Bertz CT molecular complexity index is 281. The fourth-order valence-electron chi connectivity index (χ4n) is 5.54. The largest absolute Gasteiger partial charge is 0.314 e. The lowest BCUT2D eigenvalue weighted by atomic mass is 9.81. The Morgan fingerprint density at radius 3 is 2.50 bits per heavy atom. The van der Waals surface area contributed by atoms with Gasteiger partial charge in [-0.2, -0.15) is 0 Å². The zero-order valence-corrected chi connectivity index (χ0v) is 13.6. The maximum atomic E-state index is 3.81. The van der Waals surface area contributed by atoms with Crippen molar-refractivity contribution in [2.75, 3.05) is 6.54 Å². The van der Waals surface area contributed by atoms with Crippen molar-refractivity contribution in [2.24, 2.45) is 23.7 Å². The van der Waals surface area contributed by atoms with Crippen LogP contribution in [0.15, 0.2) is 0 Å². The van der Waals surface area contributed by atoms with E-state index in [2.05, 4.69) is 12.2 Å². The molecule has 1 nitrogen and oxygen atoms in total. The lowest BCUT2D eigenvalue weighted by molar-refractivity contribution is 0.254. The fraction of sp³-hybridized carbons (Fsp3) is 1.00. The topological polar surface area (TPSA) is 12.0 Å². The summed E-state index contributed by atoms with van der Waals surface area (Å²) in [6, 6.07) is 0.825. The summed E-state index contributed by atoms with van der Waals surface area (Å²) in [6.07, 6.45) is 18.2. The number of fused-ring (bicyclic) bond motifs is 2. The second-order valence-corrected chi connectivity index (χ2v) is 8.01. The van der Waals surface area contributed by atoms with E-state index in [0.717, 1.165) is 36.3 Å². The molecule has 3 saturated carbocycles. The zero-order valence-electron chi connectivity index (χ0n) is 13.6. The standard InChI is InChI=1S/C19H35N/c1-2-20-19(11-9-15-6-4-3-5-7-15)14-18-13-16-8-10-17(18)12-16/h15-20H,2-14H2,1H3. The molecule has 0 aromatic rings. The first kappa shape index (κ1) is 14.9. The first-order valence-electron chi connectivity index (χ1n) is 9.58. The maximum Gasteiger partial charge on any atom is 0.00697 e. The van der Waals surface area contributed by atoms with E-state index in [9.17, 15) is 0 Å². The molecule has 4 unspecified atom stereocenters. The van der Waals surface area contributed by atoms with E-state index in [1.54, 1.807) is 25.7 Å². The monoisotopic (exact) mass is 277 g/mol. The van der Waals surface area contributed by atoms with Crippen LogP contribution >= 0.6 is 0 Å². The van der Waals surface area contributed by atoms with Crippen LogP contribution in [0.5, 0.6) is 0 Å². The Kier molecular flexibility index (Phi) is 5.42. The van der Waals surface area contributed by atoms with E-state index in [-0.39, 0.29) is 0 Å². The normalized spacial score (nSPS) is 35.5. The molecule has 0 aromatic carbocycles. The molecule has 4 atom stereocenters. The van der Waals surface area contributed by atoms with Crippen LogP contribution in [0.3, 0.4) is 0 Å². The molecule has 0 radical (unpaired) electrons. The highest BCUT2D eigenvalue weighted by Crippen LogP contribution is 2.50. The minimum absolute atomic E-state index is 0.825. The quantitative estimate of drug-likeness (QED) is 0.678. The third kappa shape index (κ3) is 3.78. The van der Waals surface area contributed by atoms with Crippen LogP contribution in [0.25, 0.3) is 0 Å². The molecule has 0 spiro atoms.